The molecule has 0 saturated carbocycles. The largest absolute Gasteiger partial charge is 0.258 e. The van der Waals surface area contributed by atoms with Crippen LogP contribution in [-0.2, 0) is 0 Å². The standard InChI is InChI=1S/C12H17BrFN3/c1-15-17-5-3-2-4-9(8-17)10-6-11(14)12(13)16-7-10/h6-7,9,15H,2-5,8H2,1H3/t9-/m1/s1. The van der Waals surface area contributed by atoms with Gasteiger partial charge in [-0.3, -0.25) is 5.43 Å². The SMILES string of the molecule is CNN1CCCC[C@@H](c2cnc(Br)c(F)c2)C1. The van der Waals surface area contributed by atoms with Gasteiger partial charge in [0.05, 0.1) is 0 Å². The normalized spacial score (nSPS) is 22.4. The van der Waals surface area contributed by atoms with E-state index in [4.69, 9.17) is 0 Å². The molecule has 1 atom stereocenters. The van der Waals surface area contributed by atoms with Crippen LogP contribution in [0.3, 0.4) is 0 Å². The Bertz CT molecular complexity index is 386. The second kappa shape index (κ2) is 5.89. The van der Waals surface area contributed by atoms with Crippen LogP contribution in [0, 0.1) is 5.82 Å². The minimum absolute atomic E-state index is 0.275. The lowest BCUT2D eigenvalue weighted by Crippen LogP contribution is -2.37. The number of halogens is 2. The van der Waals surface area contributed by atoms with Crippen molar-refractivity contribution in [1.29, 1.82) is 0 Å². The molecule has 1 fully saturated rings. The van der Waals surface area contributed by atoms with Gasteiger partial charge in [0.2, 0.25) is 0 Å². The molecule has 0 bridgehead atoms. The Hall–Kier alpha value is -0.520. The lowest BCUT2D eigenvalue weighted by Gasteiger charge is -2.23. The number of nitrogens with one attached hydrogen (secondary N) is 1. The van der Waals surface area contributed by atoms with Crippen molar-refractivity contribution < 1.29 is 4.39 Å². The highest BCUT2D eigenvalue weighted by molar-refractivity contribution is 9.10. The second-order valence-electron chi connectivity index (χ2n) is 4.40. The molecule has 0 unspecified atom stereocenters. The van der Waals surface area contributed by atoms with Gasteiger partial charge in [-0.2, -0.15) is 0 Å². The first kappa shape index (κ1) is 12.9. The van der Waals surface area contributed by atoms with Gasteiger partial charge < -0.3 is 0 Å². The molecule has 2 rings (SSSR count). The molecule has 0 spiro atoms. The molecule has 1 aliphatic heterocycles. The van der Waals surface area contributed by atoms with E-state index in [9.17, 15) is 4.39 Å². The first-order valence-electron chi connectivity index (χ1n) is 5.94. The molecule has 2 heterocycles. The lowest BCUT2D eigenvalue weighted by atomic mass is 9.96. The molecule has 1 N–H and O–H groups in total. The predicted octanol–water partition coefficient (Wildman–Crippen LogP) is 2.69. The summed E-state index contributed by atoms with van der Waals surface area (Å²) in [6.07, 6.45) is 5.24. The minimum Gasteiger partial charge on any atom is -0.258 e. The monoisotopic (exact) mass is 301 g/mol. The smallest absolute Gasteiger partial charge is 0.156 e. The topological polar surface area (TPSA) is 28.2 Å². The fourth-order valence-corrected chi connectivity index (χ4v) is 2.49. The number of hydrazine groups is 1. The number of hydrogen-bond donors (Lipinski definition) is 1. The van der Waals surface area contributed by atoms with Gasteiger partial charge in [-0.15, -0.1) is 0 Å². The molecule has 0 aliphatic carbocycles. The molecule has 0 radical (unpaired) electrons. The fourth-order valence-electron chi connectivity index (χ4n) is 2.28. The Morgan fingerprint density at radius 3 is 3.06 bits per heavy atom. The van der Waals surface area contributed by atoms with Crippen LogP contribution in [0.15, 0.2) is 16.9 Å². The summed E-state index contributed by atoms with van der Waals surface area (Å²) in [4.78, 5) is 4.04. The van der Waals surface area contributed by atoms with Crippen molar-refractivity contribution in [2.24, 2.45) is 0 Å². The van der Waals surface area contributed by atoms with Gasteiger partial charge in [0.25, 0.3) is 0 Å². The van der Waals surface area contributed by atoms with Gasteiger partial charge in [-0.1, -0.05) is 6.42 Å². The van der Waals surface area contributed by atoms with Gasteiger partial charge in [0, 0.05) is 19.3 Å². The first-order chi connectivity index (χ1) is 8.20. The molecule has 0 aromatic carbocycles. The van der Waals surface area contributed by atoms with Crippen LogP contribution >= 0.6 is 15.9 Å². The predicted molar refractivity (Wildman–Crippen MR) is 69.1 cm³/mol. The summed E-state index contributed by atoms with van der Waals surface area (Å²) in [5, 5.41) is 2.19. The first-order valence-corrected chi connectivity index (χ1v) is 6.73. The van der Waals surface area contributed by atoms with Crippen molar-refractivity contribution in [1.82, 2.24) is 15.4 Å². The maximum atomic E-state index is 13.5. The van der Waals surface area contributed by atoms with E-state index < -0.39 is 0 Å². The highest BCUT2D eigenvalue weighted by Gasteiger charge is 2.20. The van der Waals surface area contributed by atoms with E-state index in [0.717, 1.165) is 25.1 Å². The molecular formula is C12H17BrFN3. The van der Waals surface area contributed by atoms with Crippen molar-refractivity contribution in [2.45, 2.75) is 25.2 Å². The number of hydrogen-bond acceptors (Lipinski definition) is 3. The number of nitrogens with zero attached hydrogens (tertiary/aromatic N) is 2. The Morgan fingerprint density at radius 1 is 1.53 bits per heavy atom. The molecule has 0 amide bonds. The molecule has 1 aromatic heterocycles. The third kappa shape index (κ3) is 3.24. The van der Waals surface area contributed by atoms with Crippen molar-refractivity contribution in [3.8, 4) is 0 Å². The maximum absolute atomic E-state index is 13.5. The summed E-state index contributed by atoms with van der Waals surface area (Å²) in [5.74, 6) is 0.0859. The zero-order chi connectivity index (χ0) is 12.3. The van der Waals surface area contributed by atoms with E-state index >= 15 is 0 Å². The Balaban J connectivity index is 2.16. The third-order valence-electron chi connectivity index (χ3n) is 3.28. The molecule has 94 valence electrons. The van der Waals surface area contributed by atoms with Gasteiger partial charge >= 0.3 is 0 Å². The highest BCUT2D eigenvalue weighted by Crippen LogP contribution is 2.27. The van der Waals surface area contributed by atoms with E-state index in [1.807, 2.05) is 7.05 Å². The van der Waals surface area contributed by atoms with Crippen molar-refractivity contribution in [3.63, 3.8) is 0 Å². The van der Waals surface area contributed by atoms with Gasteiger partial charge in [-0.25, -0.2) is 14.4 Å². The molecular weight excluding hydrogens is 285 g/mol. The molecule has 17 heavy (non-hydrogen) atoms. The van der Waals surface area contributed by atoms with Crippen LogP contribution < -0.4 is 5.43 Å². The average Bonchev–Trinajstić information content (AvgIpc) is 2.58. The van der Waals surface area contributed by atoms with Crippen molar-refractivity contribution in [3.05, 3.63) is 28.2 Å². The van der Waals surface area contributed by atoms with E-state index in [-0.39, 0.29) is 5.82 Å². The van der Waals surface area contributed by atoms with Crippen molar-refractivity contribution >= 4 is 15.9 Å². The summed E-state index contributed by atoms with van der Waals surface area (Å²) in [6, 6.07) is 1.60. The summed E-state index contributed by atoms with van der Waals surface area (Å²) in [5.41, 5.74) is 4.17. The second-order valence-corrected chi connectivity index (χ2v) is 5.15. The summed E-state index contributed by atoms with van der Waals surface area (Å²) >= 11 is 3.09. The van der Waals surface area contributed by atoms with Crippen molar-refractivity contribution in [2.75, 3.05) is 20.1 Å². The summed E-state index contributed by atoms with van der Waals surface area (Å²) in [7, 11) is 1.93. The molecule has 3 nitrogen and oxygen atoms in total. The minimum atomic E-state index is -0.275. The van der Waals surface area contributed by atoms with Gasteiger partial charge in [-0.05, 0) is 53.4 Å². The van der Waals surface area contributed by atoms with E-state index in [1.165, 1.54) is 12.8 Å². The van der Waals surface area contributed by atoms with Crippen LogP contribution in [-0.4, -0.2) is 30.1 Å². The van der Waals surface area contributed by atoms with Crippen LogP contribution in [0.2, 0.25) is 0 Å². The molecule has 1 aromatic rings. The number of aromatic nitrogens is 1. The molecule has 5 heteroatoms. The molecule has 1 aliphatic rings. The van der Waals surface area contributed by atoms with E-state index in [2.05, 4.69) is 31.3 Å². The van der Waals surface area contributed by atoms with Crippen LogP contribution in [0.25, 0.3) is 0 Å². The van der Waals surface area contributed by atoms with Crippen LogP contribution in [0.1, 0.15) is 30.7 Å². The Labute approximate surface area is 110 Å². The lowest BCUT2D eigenvalue weighted by molar-refractivity contribution is 0.207. The fraction of sp³-hybridized carbons (Fsp3) is 0.583. The number of rotatable bonds is 2. The highest BCUT2D eigenvalue weighted by atomic mass is 79.9. The Kier molecular flexibility index (Phi) is 4.48. The van der Waals surface area contributed by atoms with Crippen LogP contribution in [0.4, 0.5) is 4.39 Å². The van der Waals surface area contributed by atoms with E-state index in [0.29, 0.717) is 10.5 Å². The third-order valence-corrected chi connectivity index (χ3v) is 3.86. The Morgan fingerprint density at radius 2 is 2.35 bits per heavy atom. The maximum Gasteiger partial charge on any atom is 0.156 e. The zero-order valence-corrected chi connectivity index (χ0v) is 11.5. The number of pyridine rings is 1. The van der Waals surface area contributed by atoms with E-state index in [1.54, 1.807) is 12.3 Å². The van der Waals surface area contributed by atoms with Crippen LogP contribution in [0.5, 0.6) is 0 Å². The van der Waals surface area contributed by atoms with Gasteiger partial charge in [0.1, 0.15) is 4.60 Å². The summed E-state index contributed by atoms with van der Waals surface area (Å²) in [6.45, 7) is 1.97. The quantitative estimate of drug-likeness (QED) is 0.851. The zero-order valence-electron chi connectivity index (χ0n) is 9.92. The van der Waals surface area contributed by atoms with Gasteiger partial charge in [0.15, 0.2) is 5.82 Å². The molecule has 1 saturated heterocycles. The average molecular weight is 302 g/mol. The summed E-state index contributed by atoms with van der Waals surface area (Å²) < 4.78 is 13.8.